The monoisotopic (exact) mass is 257 g/mol. The maximum absolute atomic E-state index is 12.0. The van der Waals surface area contributed by atoms with Gasteiger partial charge in [0.2, 0.25) is 0 Å². The Morgan fingerprint density at radius 1 is 1.28 bits per heavy atom. The van der Waals surface area contributed by atoms with E-state index in [9.17, 15) is 18.0 Å². The van der Waals surface area contributed by atoms with E-state index in [1.807, 2.05) is 0 Å². The molecule has 0 fully saturated rings. The third kappa shape index (κ3) is 3.06. The zero-order chi connectivity index (χ0) is 13.2. The molecule has 0 saturated carbocycles. The van der Waals surface area contributed by atoms with Crippen LogP contribution in [0.15, 0.2) is 35.3 Å². The highest BCUT2D eigenvalue weighted by atomic mass is 19.4. The van der Waals surface area contributed by atoms with Gasteiger partial charge in [-0.25, -0.2) is 10.1 Å². The number of benzene rings is 1. The molecule has 1 aromatic heterocycles. The summed E-state index contributed by atoms with van der Waals surface area (Å²) in [7, 11) is 0. The molecule has 0 aliphatic rings. The summed E-state index contributed by atoms with van der Waals surface area (Å²) in [5.41, 5.74) is -0.200. The van der Waals surface area contributed by atoms with Crippen LogP contribution in [0.2, 0.25) is 0 Å². The van der Waals surface area contributed by atoms with Gasteiger partial charge in [0.25, 0.3) is 5.56 Å². The number of hydrogen-bond acceptors (Lipinski definition) is 4. The van der Waals surface area contributed by atoms with Gasteiger partial charge in [0.1, 0.15) is 5.75 Å². The Morgan fingerprint density at radius 3 is 2.67 bits per heavy atom. The maximum atomic E-state index is 12.0. The van der Waals surface area contributed by atoms with Crippen molar-refractivity contribution < 1.29 is 17.9 Å². The second-order valence-corrected chi connectivity index (χ2v) is 3.25. The van der Waals surface area contributed by atoms with Crippen molar-refractivity contribution in [3.8, 4) is 17.1 Å². The maximum Gasteiger partial charge on any atom is 0.573 e. The molecule has 0 spiro atoms. The Balaban J connectivity index is 2.32. The van der Waals surface area contributed by atoms with Crippen LogP contribution in [0.3, 0.4) is 0 Å². The number of hydrogen-bond donors (Lipinski definition) is 1. The number of nitrogens with zero attached hydrogens (tertiary/aromatic N) is 2. The molecule has 94 valence electrons. The van der Waals surface area contributed by atoms with Crippen LogP contribution in [0, 0.1) is 0 Å². The highest BCUT2D eigenvalue weighted by molar-refractivity contribution is 5.56. The Kier molecular flexibility index (Phi) is 3.00. The predicted molar refractivity (Wildman–Crippen MR) is 54.8 cm³/mol. The molecule has 0 aliphatic heterocycles. The minimum Gasteiger partial charge on any atom is -0.406 e. The van der Waals surface area contributed by atoms with E-state index in [1.165, 1.54) is 12.1 Å². The molecule has 2 rings (SSSR count). The van der Waals surface area contributed by atoms with Gasteiger partial charge in [-0.1, -0.05) is 12.1 Å². The van der Waals surface area contributed by atoms with Crippen molar-refractivity contribution in [2.75, 3.05) is 0 Å². The fourth-order valence-corrected chi connectivity index (χ4v) is 1.26. The minimum atomic E-state index is -4.76. The molecule has 2 aromatic rings. The predicted octanol–water partition coefficient (Wildman–Crippen LogP) is 1.73. The summed E-state index contributed by atoms with van der Waals surface area (Å²) >= 11 is 0. The van der Waals surface area contributed by atoms with Crippen molar-refractivity contribution in [3.05, 3.63) is 40.8 Å². The van der Waals surface area contributed by atoms with Gasteiger partial charge in [0.05, 0.1) is 6.20 Å². The molecule has 18 heavy (non-hydrogen) atoms. The molecule has 0 saturated heterocycles. The highest BCUT2D eigenvalue weighted by Crippen LogP contribution is 2.25. The zero-order valence-electron chi connectivity index (χ0n) is 8.73. The van der Waals surface area contributed by atoms with Crippen LogP contribution >= 0.6 is 0 Å². The van der Waals surface area contributed by atoms with Crippen molar-refractivity contribution in [1.29, 1.82) is 0 Å². The summed E-state index contributed by atoms with van der Waals surface area (Å²) in [5, 5.41) is 5.74. The summed E-state index contributed by atoms with van der Waals surface area (Å²) in [6.45, 7) is 0. The normalized spacial score (nSPS) is 11.3. The highest BCUT2D eigenvalue weighted by Gasteiger charge is 2.31. The Labute approximate surface area is 98.3 Å². The molecule has 0 aliphatic carbocycles. The van der Waals surface area contributed by atoms with E-state index >= 15 is 0 Å². The molecule has 0 atom stereocenters. The van der Waals surface area contributed by atoms with Crippen LogP contribution in [0.25, 0.3) is 11.4 Å². The van der Waals surface area contributed by atoms with Crippen molar-refractivity contribution in [1.82, 2.24) is 15.2 Å². The van der Waals surface area contributed by atoms with Gasteiger partial charge in [-0.3, -0.25) is 4.79 Å². The van der Waals surface area contributed by atoms with Crippen LogP contribution in [-0.2, 0) is 0 Å². The number of aromatic nitrogens is 3. The van der Waals surface area contributed by atoms with E-state index in [4.69, 9.17) is 0 Å². The van der Waals surface area contributed by atoms with Crippen molar-refractivity contribution in [2.24, 2.45) is 0 Å². The van der Waals surface area contributed by atoms with Gasteiger partial charge in [0.15, 0.2) is 5.82 Å². The third-order valence-corrected chi connectivity index (χ3v) is 1.90. The van der Waals surface area contributed by atoms with E-state index in [2.05, 4.69) is 19.9 Å². The molecule has 1 N–H and O–H groups in total. The second-order valence-electron chi connectivity index (χ2n) is 3.25. The van der Waals surface area contributed by atoms with Gasteiger partial charge in [-0.05, 0) is 12.1 Å². The number of H-pyrrole nitrogens is 1. The first-order valence-corrected chi connectivity index (χ1v) is 4.72. The van der Waals surface area contributed by atoms with Crippen LogP contribution < -0.4 is 10.3 Å². The van der Waals surface area contributed by atoms with Crippen LogP contribution in [-0.4, -0.2) is 21.5 Å². The summed E-state index contributed by atoms with van der Waals surface area (Å²) in [6, 6.07) is 5.14. The first kappa shape index (κ1) is 12.1. The lowest BCUT2D eigenvalue weighted by Crippen LogP contribution is -2.17. The van der Waals surface area contributed by atoms with Gasteiger partial charge in [0, 0.05) is 5.56 Å². The molecule has 0 radical (unpaired) electrons. The first-order valence-electron chi connectivity index (χ1n) is 4.72. The lowest BCUT2D eigenvalue weighted by molar-refractivity contribution is -0.274. The standard InChI is InChI=1S/C10H6F3N3O2/c11-10(12,13)18-7-3-1-2-6(4-7)9-14-5-8(17)15-16-9/h1-5H,(H,15,17). The van der Waals surface area contributed by atoms with E-state index in [-0.39, 0.29) is 11.6 Å². The number of aromatic amines is 1. The SMILES string of the molecule is O=c1cnc(-c2cccc(OC(F)(F)F)c2)n[nH]1. The number of alkyl halides is 3. The molecular weight excluding hydrogens is 251 g/mol. The molecule has 0 amide bonds. The van der Waals surface area contributed by atoms with E-state index in [0.29, 0.717) is 5.56 Å². The van der Waals surface area contributed by atoms with E-state index in [0.717, 1.165) is 18.3 Å². The van der Waals surface area contributed by atoms with E-state index < -0.39 is 11.9 Å². The van der Waals surface area contributed by atoms with E-state index in [1.54, 1.807) is 0 Å². The summed E-state index contributed by atoms with van der Waals surface area (Å²) in [5.74, 6) is -0.281. The average Bonchev–Trinajstić information content (AvgIpc) is 2.28. The number of ether oxygens (including phenoxy) is 1. The Hall–Kier alpha value is -2.38. The van der Waals surface area contributed by atoms with Crippen molar-refractivity contribution >= 4 is 0 Å². The lowest BCUT2D eigenvalue weighted by atomic mass is 10.2. The number of halogens is 3. The first-order chi connectivity index (χ1) is 8.44. The fourth-order valence-electron chi connectivity index (χ4n) is 1.26. The largest absolute Gasteiger partial charge is 0.573 e. The Morgan fingerprint density at radius 2 is 2.06 bits per heavy atom. The third-order valence-electron chi connectivity index (χ3n) is 1.90. The molecule has 0 bridgehead atoms. The molecule has 8 heteroatoms. The Bertz CT molecular complexity index is 589. The number of rotatable bonds is 2. The fraction of sp³-hybridized carbons (Fsp3) is 0.100. The van der Waals surface area contributed by atoms with Gasteiger partial charge < -0.3 is 4.74 Å². The summed E-state index contributed by atoms with van der Waals surface area (Å²) in [4.78, 5) is 14.4. The molecule has 0 unspecified atom stereocenters. The summed E-state index contributed by atoms with van der Waals surface area (Å²) in [6.07, 6.45) is -3.77. The van der Waals surface area contributed by atoms with Gasteiger partial charge >= 0.3 is 6.36 Å². The van der Waals surface area contributed by atoms with Crippen LogP contribution in [0.4, 0.5) is 13.2 Å². The molecular formula is C10H6F3N3O2. The smallest absolute Gasteiger partial charge is 0.406 e. The molecule has 5 nitrogen and oxygen atoms in total. The average molecular weight is 257 g/mol. The minimum absolute atomic E-state index is 0.0993. The lowest BCUT2D eigenvalue weighted by Gasteiger charge is -2.09. The molecule has 1 heterocycles. The van der Waals surface area contributed by atoms with Crippen LogP contribution in [0.5, 0.6) is 5.75 Å². The van der Waals surface area contributed by atoms with Gasteiger partial charge in [-0.15, -0.1) is 13.2 Å². The quantitative estimate of drug-likeness (QED) is 0.889. The topological polar surface area (TPSA) is 67.9 Å². The van der Waals surface area contributed by atoms with Gasteiger partial charge in [-0.2, -0.15) is 5.10 Å². The number of nitrogens with one attached hydrogen (secondary N) is 1. The summed E-state index contributed by atoms with van der Waals surface area (Å²) < 4.78 is 39.8. The van der Waals surface area contributed by atoms with Crippen LogP contribution in [0.1, 0.15) is 0 Å². The van der Waals surface area contributed by atoms with Crippen molar-refractivity contribution in [3.63, 3.8) is 0 Å². The second kappa shape index (κ2) is 4.47. The van der Waals surface area contributed by atoms with Crippen molar-refractivity contribution in [2.45, 2.75) is 6.36 Å². The molecule has 1 aromatic carbocycles. The zero-order valence-corrected chi connectivity index (χ0v) is 8.73.